The van der Waals surface area contributed by atoms with Crippen LogP contribution in [0.5, 0.6) is 0 Å². The Labute approximate surface area is 113 Å². The number of anilines is 1. The zero-order chi connectivity index (χ0) is 13.6. The lowest BCUT2D eigenvalue weighted by atomic mass is 9.75. The molecule has 1 saturated heterocycles. The summed E-state index contributed by atoms with van der Waals surface area (Å²) in [6.07, 6.45) is 5.44. The van der Waals surface area contributed by atoms with Crippen molar-refractivity contribution in [3.8, 4) is 0 Å². The molecule has 2 aromatic rings. The summed E-state index contributed by atoms with van der Waals surface area (Å²) in [5.74, 6) is 3.04. The van der Waals surface area contributed by atoms with Crippen molar-refractivity contribution in [3.63, 3.8) is 0 Å². The first kappa shape index (κ1) is 12.4. The number of hydrogen-bond donors (Lipinski definition) is 0. The predicted molar refractivity (Wildman–Crippen MR) is 75.1 cm³/mol. The van der Waals surface area contributed by atoms with Crippen LogP contribution in [0.2, 0.25) is 0 Å². The molecule has 2 atom stereocenters. The molecule has 3 rings (SSSR count). The number of aromatic nitrogens is 4. The highest BCUT2D eigenvalue weighted by Gasteiger charge is 2.43. The Morgan fingerprint density at radius 1 is 1.21 bits per heavy atom. The second-order valence-corrected chi connectivity index (χ2v) is 6.11. The van der Waals surface area contributed by atoms with Crippen molar-refractivity contribution < 1.29 is 0 Å². The van der Waals surface area contributed by atoms with Crippen LogP contribution in [0.25, 0.3) is 5.65 Å². The molecule has 0 radical (unpaired) electrons. The second kappa shape index (κ2) is 4.47. The van der Waals surface area contributed by atoms with Crippen LogP contribution in [0, 0.1) is 17.8 Å². The van der Waals surface area contributed by atoms with Crippen molar-refractivity contribution in [2.45, 2.75) is 33.7 Å². The molecule has 3 heterocycles. The summed E-state index contributed by atoms with van der Waals surface area (Å²) >= 11 is 0. The van der Waals surface area contributed by atoms with Gasteiger partial charge in [0.05, 0.1) is 0 Å². The van der Waals surface area contributed by atoms with E-state index in [2.05, 4.69) is 47.8 Å². The number of nitrogens with zero attached hydrogens (tertiary/aromatic N) is 5. The van der Waals surface area contributed by atoms with Gasteiger partial charge in [0.2, 0.25) is 5.65 Å². The van der Waals surface area contributed by atoms with Crippen molar-refractivity contribution in [3.05, 3.63) is 18.7 Å². The summed E-state index contributed by atoms with van der Waals surface area (Å²) < 4.78 is 1.93. The minimum atomic E-state index is 0.551. The van der Waals surface area contributed by atoms with Gasteiger partial charge in [0.25, 0.3) is 0 Å². The van der Waals surface area contributed by atoms with Crippen LogP contribution in [0.15, 0.2) is 18.7 Å². The van der Waals surface area contributed by atoms with Gasteiger partial charge in [-0.05, 0) is 17.8 Å². The van der Waals surface area contributed by atoms with E-state index in [9.17, 15) is 0 Å². The second-order valence-electron chi connectivity index (χ2n) is 6.11. The predicted octanol–water partition coefficient (Wildman–Crippen LogP) is 2.24. The third-order valence-electron chi connectivity index (χ3n) is 4.21. The third kappa shape index (κ3) is 1.88. The van der Waals surface area contributed by atoms with Crippen LogP contribution in [-0.2, 0) is 0 Å². The molecule has 5 nitrogen and oxygen atoms in total. The van der Waals surface area contributed by atoms with Crippen LogP contribution < -0.4 is 4.90 Å². The van der Waals surface area contributed by atoms with Gasteiger partial charge >= 0.3 is 0 Å². The first-order chi connectivity index (χ1) is 9.09. The molecule has 2 unspecified atom stereocenters. The summed E-state index contributed by atoms with van der Waals surface area (Å²) in [4.78, 5) is 6.92. The topological polar surface area (TPSA) is 46.3 Å². The highest BCUT2D eigenvalue weighted by Crippen LogP contribution is 2.39. The molecule has 0 N–H and O–H groups in total. The maximum absolute atomic E-state index is 4.53. The maximum atomic E-state index is 4.53. The summed E-state index contributed by atoms with van der Waals surface area (Å²) in [7, 11) is 0. The fourth-order valence-corrected chi connectivity index (χ4v) is 3.18. The molecular formula is C14H21N5. The van der Waals surface area contributed by atoms with Gasteiger partial charge in [-0.1, -0.05) is 27.7 Å². The highest BCUT2D eigenvalue weighted by molar-refractivity contribution is 5.65. The molecule has 0 aromatic carbocycles. The SMILES string of the molecule is CC(C)C1CN(c2nccn3cnnc23)C1C(C)C. The Kier molecular flexibility index (Phi) is 2.92. The maximum Gasteiger partial charge on any atom is 0.203 e. The Balaban J connectivity index is 1.96. The fourth-order valence-electron chi connectivity index (χ4n) is 3.18. The molecular weight excluding hydrogens is 238 g/mol. The molecule has 102 valence electrons. The van der Waals surface area contributed by atoms with Gasteiger partial charge in [0.1, 0.15) is 6.33 Å². The zero-order valence-electron chi connectivity index (χ0n) is 12.0. The van der Waals surface area contributed by atoms with Gasteiger partial charge in [-0.2, -0.15) is 0 Å². The lowest BCUT2D eigenvalue weighted by Crippen LogP contribution is -2.61. The quantitative estimate of drug-likeness (QED) is 0.848. The average Bonchev–Trinajstić information content (AvgIpc) is 2.74. The molecule has 19 heavy (non-hydrogen) atoms. The van der Waals surface area contributed by atoms with Crippen LogP contribution in [-0.4, -0.2) is 32.2 Å². The van der Waals surface area contributed by atoms with E-state index in [0.717, 1.165) is 23.9 Å². The largest absolute Gasteiger partial charge is 0.349 e. The Morgan fingerprint density at radius 3 is 2.68 bits per heavy atom. The van der Waals surface area contributed by atoms with E-state index in [1.807, 2.05) is 16.8 Å². The Hall–Kier alpha value is -1.65. The first-order valence-corrected chi connectivity index (χ1v) is 7.00. The van der Waals surface area contributed by atoms with Crippen LogP contribution in [0.4, 0.5) is 5.82 Å². The molecule has 0 saturated carbocycles. The van der Waals surface area contributed by atoms with E-state index in [-0.39, 0.29) is 0 Å². The lowest BCUT2D eigenvalue weighted by molar-refractivity contribution is 0.176. The van der Waals surface area contributed by atoms with Crippen LogP contribution >= 0.6 is 0 Å². The lowest BCUT2D eigenvalue weighted by Gasteiger charge is -2.53. The minimum absolute atomic E-state index is 0.551. The van der Waals surface area contributed by atoms with Gasteiger partial charge in [-0.15, -0.1) is 10.2 Å². The van der Waals surface area contributed by atoms with E-state index in [0.29, 0.717) is 17.9 Å². The third-order valence-corrected chi connectivity index (χ3v) is 4.21. The van der Waals surface area contributed by atoms with Gasteiger partial charge in [0, 0.05) is 25.0 Å². The van der Waals surface area contributed by atoms with Crippen molar-refractivity contribution in [1.29, 1.82) is 0 Å². The Morgan fingerprint density at radius 2 is 2.00 bits per heavy atom. The van der Waals surface area contributed by atoms with Crippen LogP contribution in [0.1, 0.15) is 27.7 Å². The average molecular weight is 259 g/mol. The van der Waals surface area contributed by atoms with Crippen molar-refractivity contribution in [2.24, 2.45) is 17.8 Å². The number of rotatable bonds is 3. The van der Waals surface area contributed by atoms with Crippen molar-refractivity contribution >= 4 is 11.5 Å². The summed E-state index contributed by atoms with van der Waals surface area (Å²) in [5, 5.41) is 8.17. The molecule has 2 aromatic heterocycles. The van der Waals surface area contributed by atoms with Gasteiger partial charge < -0.3 is 4.90 Å². The van der Waals surface area contributed by atoms with Gasteiger partial charge in [-0.3, -0.25) is 4.40 Å². The van der Waals surface area contributed by atoms with E-state index in [1.54, 1.807) is 6.33 Å². The Bertz CT molecular complexity index is 574. The van der Waals surface area contributed by atoms with Crippen LogP contribution in [0.3, 0.4) is 0 Å². The molecule has 1 aliphatic rings. The van der Waals surface area contributed by atoms with Gasteiger partial charge in [-0.25, -0.2) is 4.98 Å². The monoisotopic (exact) mass is 259 g/mol. The number of hydrogen-bond acceptors (Lipinski definition) is 4. The molecule has 0 bridgehead atoms. The van der Waals surface area contributed by atoms with E-state index < -0.39 is 0 Å². The first-order valence-electron chi connectivity index (χ1n) is 7.00. The minimum Gasteiger partial charge on any atom is -0.349 e. The van der Waals surface area contributed by atoms with E-state index >= 15 is 0 Å². The standard InChI is InChI=1S/C14H21N5/c1-9(2)11-7-19(12(11)10(3)4)13-14-17-16-8-18(14)6-5-15-13/h5-6,8-12H,7H2,1-4H3. The summed E-state index contributed by atoms with van der Waals surface area (Å²) in [6.45, 7) is 10.3. The smallest absolute Gasteiger partial charge is 0.203 e. The molecule has 5 heteroatoms. The van der Waals surface area contributed by atoms with E-state index in [1.165, 1.54) is 0 Å². The molecule has 0 amide bonds. The summed E-state index contributed by atoms with van der Waals surface area (Å²) in [5.41, 5.74) is 0.857. The highest BCUT2D eigenvalue weighted by atomic mass is 15.3. The number of fused-ring (bicyclic) bond motifs is 1. The van der Waals surface area contributed by atoms with Gasteiger partial charge in [0.15, 0.2) is 5.82 Å². The van der Waals surface area contributed by atoms with E-state index in [4.69, 9.17) is 0 Å². The van der Waals surface area contributed by atoms with Crippen molar-refractivity contribution in [2.75, 3.05) is 11.4 Å². The molecule has 0 aliphatic carbocycles. The normalized spacial score (nSPS) is 23.4. The van der Waals surface area contributed by atoms with Crippen molar-refractivity contribution in [1.82, 2.24) is 19.6 Å². The molecule has 1 aliphatic heterocycles. The zero-order valence-corrected chi connectivity index (χ0v) is 12.0. The fraction of sp³-hybridized carbons (Fsp3) is 0.643. The molecule has 1 fully saturated rings. The molecule has 0 spiro atoms. The summed E-state index contributed by atoms with van der Waals surface area (Å²) in [6, 6.07) is 0.551.